The summed E-state index contributed by atoms with van der Waals surface area (Å²) in [6.45, 7) is 5.83. The van der Waals surface area contributed by atoms with Gasteiger partial charge in [0, 0.05) is 25.6 Å². The van der Waals surface area contributed by atoms with Crippen molar-refractivity contribution in [2.24, 2.45) is 17.2 Å². The van der Waals surface area contributed by atoms with Crippen LogP contribution in [-0.4, -0.2) is 0 Å². The molecule has 1 aliphatic carbocycles. The average Bonchev–Trinajstić information content (AvgIpc) is 3.18. The van der Waals surface area contributed by atoms with Crippen molar-refractivity contribution < 1.29 is 0 Å². The van der Waals surface area contributed by atoms with Crippen molar-refractivity contribution in [3.63, 3.8) is 0 Å². The molecule has 3 nitrogen and oxygen atoms in total. The van der Waals surface area contributed by atoms with E-state index >= 15 is 0 Å². The lowest BCUT2D eigenvalue weighted by Crippen LogP contribution is -2.35. The van der Waals surface area contributed by atoms with Gasteiger partial charge in [-0.3, -0.25) is 0 Å². The van der Waals surface area contributed by atoms with E-state index in [0.29, 0.717) is 19.6 Å². The van der Waals surface area contributed by atoms with Crippen molar-refractivity contribution >= 4 is 0 Å². The summed E-state index contributed by atoms with van der Waals surface area (Å²) in [4.78, 5) is 0. The quantitative estimate of drug-likeness (QED) is 0.475. The van der Waals surface area contributed by atoms with Gasteiger partial charge in [-0.1, -0.05) is 96.1 Å². The predicted octanol–water partition coefficient (Wildman–Crippen LogP) is 4.88. The maximum atomic E-state index is 6.06. The first-order valence-electron chi connectivity index (χ1n) is 11.2. The fourth-order valence-corrected chi connectivity index (χ4v) is 4.75. The third-order valence-corrected chi connectivity index (χ3v) is 6.59. The van der Waals surface area contributed by atoms with E-state index in [-0.39, 0.29) is 0 Å². The Kier molecular flexibility index (Phi) is 6.43. The van der Waals surface area contributed by atoms with Crippen molar-refractivity contribution in [2.75, 3.05) is 0 Å². The zero-order valence-corrected chi connectivity index (χ0v) is 18.9. The molecule has 6 N–H and O–H groups in total. The lowest BCUT2D eigenvalue weighted by atomic mass is 9.61. The highest BCUT2D eigenvalue weighted by Gasteiger charge is 2.44. The van der Waals surface area contributed by atoms with Gasteiger partial charge in [0.15, 0.2) is 0 Å². The lowest BCUT2D eigenvalue weighted by molar-refractivity contribution is 0.686. The Hall–Kier alpha value is -2.98. The third kappa shape index (κ3) is 3.84. The van der Waals surface area contributed by atoms with E-state index in [1.807, 2.05) is 0 Å². The van der Waals surface area contributed by atoms with Gasteiger partial charge in [-0.15, -0.1) is 0 Å². The molecule has 4 rings (SSSR count). The molecule has 1 aliphatic rings. The Balaban J connectivity index is 2.13. The molecule has 0 aromatic heterocycles. The molecule has 1 radical (unpaired) electrons. The number of rotatable bonds is 7. The second-order valence-electron chi connectivity index (χ2n) is 8.57. The summed E-state index contributed by atoms with van der Waals surface area (Å²) in [6.07, 6.45) is 4.63. The van der Waals surface area contributed by atoms with Crippen LogP contribution < -0.4 is 17.2 Å². The Morgan fingerprint density at radius 1 is 0.562 bits per heavy atom. The highest BCUT2D eigenvalue weighted by Crippen LogP contribution is 2.51. The monoisotopic (exact) mass is 422 g/mol. The Morgan fingerprint density at radius 3 is 1.22 bits per heavy atom. The van der Waals surface area contributed by atoms with Gasteiger partial charge in [-0.05, 0) is 47.2 Å². The molecule has 0 bridgehead atoms. The summed E-state index contributed by atoms with van der Waals surface area (Å²) in [5.74, 6) is 1.24. The van der Waals surface area contributed by atoms with E-state index in [0.717, 1.165) is 16.7 Å². The van der Waals surface area contributed by atoms with Gasteiger partial charge in [0.1, 0.15) is 0 Å². The molecule has 0 amide bonds. The van der Waals surface area contributed by atoms with Gasteiger partial charge in [0.2, 0.25) is 0 Å². The maximum absolute atomic E-state index is 6.06. The summed E-state index contributed by atoms with van der Waals surface area (Å²) in [5, 5.41) is 0. The van der Waals surface area contributed by atoms with E-state index in [4.69, 9.17) is 17.2 Å². The SMILES string of the molecule is CC1=C[C](C(c2cccc(CN)c2)(c2cccc(CN)c2)c2cccc(CN)c2)C=C1C. The highest BCUT2D eigenvalue weighted by molar-refractivity contribution is 5.66. The van der Waals surface area contributed by atoms with Gasteiger partial charge in [0.25, 0.3) is 0 Å². The van der Waals surface area contributed by atoms with Crippen LogP contribution in [0.2, 0.25) is 0 Å². The molecule has 0 fully saturated rings. The topological polar surface area (TPSA) is 78.1 Å². The minimum atomic E-state index is -0.513. The molecule has 3 aromatic rings. The lowest BCUT2D eigenvalue weighted by Gasteiger charge is -2.40. The Morgan fingerprint density at radius 2 is 0.906 bits per heavy atom. The smallest absolute Gasteiger partial charge is 0.0589 e. The summed E-state index contributed by atoms with van der Waals surface area (Å²) < 4.78 is 0. The molecule has 0 atom stereocenters. The number of hydrogen-bond donors (Lipinski definition) is 3. The van der Waals surface area contributed by atoms with Crippen molar-refractivity contribution in [2.45, 2.75) is 38.9 Å². The molecule has 0 unspecified atom stereocenters. The third-order valence-electron chi connectivity index (χ3n) is 6.59. The highest BCUT2D eigenvalue weighted by atomic mass is 14.5. The van der Waals surface area contributed by atoms with E-state index in [1.54, 1.807) is 0 Å². The minimum absolute atomic E-state index is 0.495. The van der Waals surface area contributed by atoms with Gasteiger partial charge in [-0.2, -0.15) is 0 Å². The van der Waals surface area contributed by atoms with E-state index in [9.17, 15) is 0 Å². The first-order valence-corrected chi connectivity index (χ1v) is 11.2. The largest absolute Gasteiger partial charge is 0.326 e. The van der Waals surface area contributed by atoms with Gasteiger partial charge in [-0.25, -0.2) is 0 Å². The number of nitrogens with two attached hydrogens (primary N) is 3. The van der Waals surface area contributed by atoms with Crippen LogP contribution >= 0.6 is 0 Å². The maximum Gasteiger partial charge on any atom is 0.0589 e. The molecule has 0 aliphatic heterocycles. The Labute approximate surface area is 191 Å². The van der Waals surface area contributed by atoms with Crippen LogP contribution in [0.3, 0.4) is 0 Å². The summed E-state index contributed by atoms with van der Waals surface area (Å²) >= 11 is 0. The molecule has 163 valence electrons. The Bertz CT molecular complexity index is 1040. The van der Waals surface area contributed by atoms with Gasteiger partial charge >= 0.3 is 0 Å². The average molecular weight is 423 g/mol. The van der Waals surface area contributed by atoms with Crippen molar-refractivity contribution in [3.05, 3.63) is 135 Å². The van der Waals surface area contributed by atoms with Crippen LogP contribution in [0.5, 0.6) is 0 Å². The molecule has 0 heterocycles. The van der Waals surface area contributed by atoms with E-state index in [2.05, 4.69) is 98.8 Å². The first-order chi connectivity index (χ1) is 15.5. The van der Waals surface area contributed by atoms with Crippen molar-refractivity contribution in [1.82, 2.24) is 0 Å². The minimum Gasteiger partial charge on any atom is -0.326 e. The molecule has 0 saturated heterocycles. The second-order valence-corrected chi connectivity index (χ2v) is 8.57. The first kappa shape index (κ1) is 22.2. The molecular formula is C29H32N3. The zero-order valence-electron chi connectivity index (χ0n) is 18.9. The molecule has 0 saturated carbocycles. The molecule has 32 heavy (non-hydrogen) atoms. The fourth-order valence-electron chi connectivity index (χ4n) is 4.75. The number of hydrogen-bond acceptors (Lipinski definition) is 3. The molecule has 0 spiro atoms. The molecule has 3 aromatic carbocycles. The predicted molar refractivity (Wildman–Crippen MR) is 134 cm³/mol. The fraction of sp³-hybridized carbons (Fsp3) is 0.207. The molecule has 3 heteroatoms. The van der Waals surface area contributed by atoms with Crippen LogP contribution in [0.1, 0.15) is 47.2 Å². The standard InChI is InChI=1S/C29H32N3/c1-20-12-28(13-21(20)2)29(25-9-3-6-22(14-25)17-30,26-10-4-7-23(15-26)18-31)27-11-5-8-24(16-27)19-32/h3-16H,17-19,30-32H2,1-2H3. The molecular weight excluding hydrogens is 390 g/mol. The van der Waals surface area contributed by atoms with Crippen LogP contribution in [0.4, 0.5) is 0 Å². The van der Waals surface area contributed by atoms with E-state index < -0.39 is 5.41 Å². The van der Waals surface area contributed by atoms with Crippen LogP contribution in [0.15, 0.2) is 96.1 Å². The summed E-state index contributed by atoms with van der Waals surface area (Å²) in [5.41, 5.74) is 27.1. The van der Waals surface area contributed by atoms with Crippen LogP contribution in [-0.2, 0) is 25.0 Å². The van der Waals surface area contributed by atoms with Gasteiger partial charge < -0.3 is 17.2 Å². The number of allylic oxidation sites excluding steroid dienone is 4. The summed E-state index contributed by atoms with van der Waals surface area (Å²) in [7, 11) is 0. The van der Waals surface area contributed by atoms with E-state index in [1.165, 1.54) is 33.8 Å². The van der Waals surface area contributed by atoms with Gasteiger partial charge in [0.05, 0.1) is 5.41 Å². The second kappa shape index (κ2) is 9.25. The summed E-state index contributed by atoms with van der Waals surface area (Å²) in [6, 6.07) is 25.9. The van der Waals surface area contributed by atoms with Crippen LogP contribution in [0.25, 0.3) is 0 Å². The number of benzene rings is 3. The van der Waals surface area contributed by atoms with Crippen LogP contribution in [0, 0.1) is 5.92 Å². The van der Waals surface area contributed by atoms with Crippen molar-refractivity contribution in [1.29, 1.82) is 0 Å². The van der Waals surface area contributed by atoms with Crippen molar-refractivity contribution in [3.8, 4) is 0 Å². The normalized spacial score (nSPS) is 14.4. The zero-order chi connectivity index (χ0) is 22.7.